The third kappa shape index (κ3) is 4.49. The summed E-state index contributed by atoms with van der Waals surface area (Å²) in [6, 6.07) is 12.6. The van der Waals surface area contributed by atoms with Crippen molar-refractivity contribution in [2.24, 2.45) is 0 Å². The van der Waals surface area contributed by atoms with Gasteiger partial charge in [-0.1, -0.05) is 18.2 Å². The zero-order valence-electron chi connectivity index (χ0n) is 14.9. The molecule has 1 heterocycles. The molecule has 2 aromatic carbocycles. The highest BCUT2D eigenvalue weighted by Gasteiger charge is 2.38. The number of nitrogens with zero attached hydrogens (tertiary/aromatic N) is 1. The summed E-state index contributed by atoms with van der Waals surface area (Å²) in [4.78, 5) is 36.9. The van der Waals surface area contributed by atoms with Crippen LogP contribution in [0, 0.1) is 5.82 Å². The molecule has 1 atom stereocenters. The fourth-order valence-electron chi connectivity index (χ4n) is 3.02. The summed E-state index contributed by atoms with van der Waals surface area (Å²) in [5, 5.41) is 5.70. The van der Waals surface area contributed by atoms with E-state index >= 15 is 0 Å². The van der Waals surface area contributed by atoms with Gasteiger partial charge in [0.1, 0.15) is 11.9 Å². The van der Waals surface area contributed by atoms with Crippen LogP contribution in [0.5, 0.6) is 0 Å². The normalized spacial score (nSPS) is 16.5. The number of amides is 3. The Morgan fingerprint density at radius 3 is 2.44 bits per heavy atom. The molecule has 3 rings (SSSR count). The number of likely N-dealkylation sites (tertiary alicyclic amines) is 1. The molecule has 1 aliphatic rings. The standard InChI is InChI=1S/C20H20FN3O3/c1-13(25)22-15-6-8-16(9-7-15)23-18-12-19(26)24(20(18)27)11-10-14-4-2-3-5-17(14)21/h2-9,18,23H,10-12H2,1H3,(H,22,25). The molecule has 1 saturated heterocycles. The average molecular weight is 369 g/mol. The van der Waals surface area contributed by atoms with Crippen LogP contribution in [-0.4, -0.2) is 35.2 Å². The number of carbonyl (C=O) groups excluding carboxylic acids is 3. The van der Waals surface area contributed by atoms with E-state index < -0.39 is 6.04 Å². The molecule has 140 valence electrons. The number of anilines is 2. The second-order valence-electron chi connectivity index (χ2n) is 6.38. The lowest BCUT2D eigenvalue weighted by Gasteiger charge is -2.16. The SMILES string of the molecule is CC(=O)Nc1ccc(NC2CC(=O)N(CCc3ccccc3F)C2=O)cc1. The van der Waals surface area contributed by atoms with Crippen molar-refractivity contribution in [2.45, 2.75) is 25.8 Å². The molecule has 7 heteroatoms. The van der Waals surface area contributed by atoms with E-state index in [1.807, 2.05) is 0 Å². The van der Waals surface area contributed by atoms with Crippen LogP contribution in [0.1, 0.15) is 18.9 Å². The van der Waals surface area contributed by atoms with Crippen molar-refractivity contribution in [3.63, 3.8) is 0 Å². The van der Waals surface area contributed by atoms with Gasteiger partial charge in [0, 0.05) is 24.8 Å². The van der Waals surface area contributed by atoms with E-state index in [1.165, 1.54) is 17.9 Å². The van der Waals surface area contributed by atoms with Gasteiger partial charge in [-0.15, -0.1) is 0 Å². The molecule has 0 bridgehead atoms. The van der Waals surface area contributed by atoms with E-state index in [9.17, 15) is 18.8 Å². The van der Waals surface area contributed by atoms with E-state index in [2.05, 4.69) is 10.6 Å². The number of carbonyl (C=O) groups is 3. The molecule has 0 saturated carbocycles. The lowest BCUT2D eigenvalue weighted by atomic mass is 10.1. The molecule has 0 aromatic heterocycles. The first-order chi connectivity index (χ1) is 12.9. The van der Waals surface area contributed by atoms with Gasteiger partial charge in [-0.2, -0.15) is 0 Å². The van der Waals surface area contributed by atoms with Crippen molar-refractivity contribution < 1.29 is 18.8 Å². The first-order valence-corrected chi connectivity index (χ1v) is 8.66. The fraction of sp³-hybridized carbons (Fsp3) is 0.250. The van der Waals surface area contributed by atoms with Gasteiger partial charge in [0.15, 0.2) is 0 Å². The summed E-state index contributed by atoms with van der Waals surface area (Å²) >= 11 is 0. The van der Waals surface area contributed by atoms with Gasteiger partial charge >= 0.3 is 0 Å². The Bertz CT molecular complexity index is 867. The Labute approximate surface area is 156 Å². The lowest BCUT2D eigenvalue weighted by molar-refractivity contribution is -0.138. The van der Waals surface area contributed by atoms with Crippen molar-refractivity contribution in [1.82, 2.24) is 4.90 Å². The monoisotopic (exact) mass is 369 g/mol. The summed E-state index contributed by atoms with van der Waals surface area (Å²) in [5.74, 6) is -1.10. The molecule has 6 nitrogen and oxygen atoms in total. The lowest BCUT2D eigenvalue weighted by Crippen LogP contribution is -2.36. The van der Waals surface area contributed by atoms with E-state index in [0.29, 0.717) is 16.9 Å². The summed E-state index contributed by atoms with van der Waals surface area (Å²) in [5.41, 5.74) is 1.79. The van der Waals surface area contributed by atoms with Gasteiger partial charge < -0.3 is 10.6 Å². The van der Waals surface area contributed by atoms with E-state index in [4.69, 9.17) is 0 Å². The number of rotatable bonds is 6. The highest BCUT2D eigenvalue weighted by atomic mass is 19.1. The molecular formula is C20H20FN3O3. The predicted octanol–water partition coefficient (Wildman–Crippen LogP) is 2.57. The Morgan fingerprint density at radius 2 is 1.78 bits per heavy atom. The molecule has 2 N–H and O–H groups in total. The Kier molecular flexibility index (Phi) is 5.49. The molecule has 2 aromatic rings. The largest absolute Gasteiger partial charge is 0.373 e. The molecule has 0 radical (unpaired) electrons. The maximum atomic E-state index is 13.7. The highest BCUT2D eigenvalue weighted by molar-refractivity contribution is 6.06. The van der Waals surface area contributed by atoms with Crippen LogP contribution in [0.3, 0.4) is 0 Å². The van der Waals surface area contributed by atoms with Crippen molar-refractivity contribution >= 4 is 29.1 Å². The predicted molar refractivity (Wildman–Crippen MR) is 99.6 cm³/mol. The number of imide groups is 1. The van der Waals surface area contributed by atoms with Gasteiger partial charge in [0.2, 0.25) is 11.8 Å². The fourth-order valence-corrected chi connectivity index (χ4v) is 3.02. The summed E-state index contributed by atoms with van der Waals surface area (Å²) in [6.07, 6.45) is 0.339. The smallest absolute Gasteiger partial charge is 0.252 e. The Hall–Kier alpha value is -3.22. The minimum atomic E-state index is -0.648. The van der Waals surface area contributed by atoms with Gasteiger partial charge in [-0.05, 0) is 42.3 Å². The number of hydrogen-bond acceptors (Lipinski definition) is 4. The topological polar surface area (TPSA) is 78.5 Å². The van der Waals surface area contributed by atoms with Gasteiger partial charge in [0.25, 0.3) is 5.91 Å². The Morgan fingerprint density at radius 1 is 1.11 bits per heavy atom. The number of halogens is 1. The maximum absolute atomic E-state index is 13.7. The van der Waals surface area contributed by atoms with Gasteiger partial charge in [-0.3, -0.25) is 19.3 Å². The van der Waals surface area contributed by atoms with E-state index in [-0.39, 0.29) is 42.9 Å². The van der Waals surface area contributed by atoms with Gasteiger partial charge in [-0.25, -0.2) is 4.39 Å². The maximum Gasteiger partial charge on any atom is 0.252 e. The van der Waals surface area contributed by atoms with Gasteiger partial charge in [0.05, 0.1) is 6.42 Å². The van der Waals surface area contributed by atoms with Crippen LogP contribution < -0.4 is 10.6 Å². The average Bonchev–Trinajstić information content (AvgIpc) is 2.89. The van der Waals surface area contributed by atoms with E-state index in [1.54, 1.807) is 42.5 Å². The third-order valence-corrected chi connectivity index (χ3v) is 4.35. The van der Waals surface area contributed by atoms with Crippen LogP contribution in [0.25, 0.3) is 0 Å². The Balaban J connectivity index is 1.60. The molecule has 1 unspecified atom stereocenters. The first kappa shape index (κ1) is 18.6. The van der Waals surface area contributed by atoms with Crippen molar-refractivity contribution in [3.8, 4) is 0 Å². The van der Waals surface area contributed by atoms with Crippen LogP contribution in [-0.2, 0) is 20.8 Å². The minimum Gasteiger partial charge on any atom is -0.373 e. The van der Waals surface area contributed by atoms with Crippen LogP contribution in [0.15, 0.2) is 48.5 Å². The van der Waals surface area contributed by atoms with Crippen LogP contribution >= 0.6 is 0 Å². The molecular weight excluding hydrogens is 349 g/mol. The minimum absolute atomic E-state index is 0.0591. The second kappa shape index (κ2) is 7.99. The van der Waals surface area contributed by atoms with Crippen LogP contribution in [0.4, 0.5) is 15.8 Å². The molecule has 1 fully saturated rings. The van der Waals surface area contributed by atoms with Crippen molar-refractivity contribution in [3.05, 3.63) is 59.9 Å². The van der Waals surface area contributed by atoms with Crippen molar-refractivity contribution in [1.29, 1.82) is 0 Å². The molecule has 1 aliphatic heterocycles. The molecule has 0 spiro atoms. The number of benzene rings is 2. The molecule has 27 heavy (non-hydrogen) atoms. The number of nitrogens with one attached hydrogen (secondary N) is 2. The second-order valence-corrected chi connectivity index (χ2v) is 6.38. The number of hydrogen-bond donors (Lipinski definition) is 2. The third-order valence-electron chi connectivity index (χ3n) is 4.35. The first-order valence-electron chi connectivity index (χ1n) is 8.66. The summed E-state index contributed by atoms with van der Waals surface area (Å²) in [7, 11) is 0. The highest BCUT2D eigenvalue weighted by Crippen LogP contribution is 2.21. The molecule has 0 aliphatic carbocycles. The van der Waals surface area contributed by atoms with Crippen LogP contribution in [0.2, 0.25) is 0 Å². The zero-order valence-corrected chi connectivity index (χ0v) is 14.9. The quantitative estimate of drug-likeness (QED) is 0.767. The van der Waals surface area contributed by atoms with E-state index in [0.717, 1.165) is 0 Å². The summed E-state index contributed by atoms with van der Waals surface area (Å²) in [6.45, 7) is 1.57. The zero-order chi connectivity index (χ0) is 19.4. The van der Waals surface area contributed by atoms with Crippen molar-refractivity contribution in [2.75, 3.05) is 17.2 Å². The summed E-state index contributed by atoms with van der Waals surface area (Å²) < 4.78 is 13.7. The molecule has 3 amide bonds.